The topological polar surface area (TPSA) is 60.2 Å². The van der Waals surface area contributed by atoms with E-state index in [1.165, 1.54) is 4.88 Å². The van der Waals surface area contributed by atoms with Gasteiger partial charge < -0.3 is 15.8 Å². The second-order valence-corrected chi connectivity index (χ2v) is 5.30. The number of nitrogens with zero attached hydrogens (tertiary/aromatic N) is 1. The second-order valence-electron chi connectivity index (χ2n) is 4.10. The molecule has 17 heavy (non-hydrogen) atoms. The Bertz CT molecular complexity index is 304. The first-order valence-corrected chi connectivity index (χ1v) is 6.96. The van der Waals surface area contributed by atoms with E-state index in [0.717, 1.165) is 44.0 Å². The van der Waals surface area contributed by atoms with Crippen molar-refractivity contribution in [2.75, 3.05) is 20.3 Å². The largest absolute Gasteiger partial charge is 0.385 e. The van der Waals surface area contributed by atoms with Crippen LogP contribution < -0.4 is 11.1 Å². The summed E-state index contributed by atoms with van der Waals surface area (Å²) in [4.78, 5) is 5.69. The quantitative estimate of drug-likeness (QED) is 0.659. The van der Waals surface area contributed by atoms with Crippen LogP contribution in [0.2, 0.25) is 0 Å². The van der Waals surface area contributed by atoms with Gasteiger partial charge in [-0.3, -0.25) is 0 Å². The van der Waals surface area contributed by atoms with E-state index in [0.29, 0.717) is 0 Å². The number of nitrogens with one attached hydrogen (secondary N) is 1. The Morgan fingerprint density at radius 1 is 1.59 bits per heavy atom. The predicted octanol–water partition coefficient (Wildman–Crippen LogP) is 1.55. The summed E-state index contributed by atoms with van der Waals surface area (Å²) in [5.41, 5.74) is 5.97. The van der Waals surface area contributed by atoms with Gasteiger partial charge in [0.25, 0.3) is 0 Å². The Morgan fingerprint density at radius 3 is 3.06 bits per heavy atom. The maximum Gasteiger partial charge on any atom is 0.107 e. The Balaban J connectivity index is 2.10. The zero-order valence-corrected chi connectivity index (χ0v) is 11.6. The molecule has 98 valence electrons. The van der Waals surface area contributed by atoms with Gasteiger partial charge in [-0.25, -0.2) is 4.98 Å². The number of ether oxygens (including phenoxy) is 1. The zero-order valence-electron chi connectivity index (χ0n) is 10.7. The van der Waals surface area contributed by atoms with Gasteiger partial charge in [0.15, 0.2) is 0 Å². The maximum atomic E-state index is 5.97. The van der Waals surface area contributed by atoms with Gasteiger partial charge in [-0.2, -0.15) is 0 Å². The molecule has 1 aromatic heterocycles. The summed E-state index contributed by atoms with van der Waals surface area (Å²) in [5.74, 6) is 0. The van der Waals surface area contributed by atoms with E-state index in [9.17, 15) is 0 Å². The highest BCUT2D eigenvalue weighted by atomic mass is 32.1. The summed E-state index contributed by atoms with van der Waals surface area (Å²) in [6.45, 7) is 4.60. The van der Waals surface area contributed by atoms with E-state index in [2.05, 4.69) is 17.2 Å². The third kappa shape index (κ3) is 6.12. The lowest BCUT2D eigenvalue weighted by molar-refractivity contribution is 0.190. The normalized spacial score (nSPS) is 12.9. The van der Waals surface area contributed by atoms with Crippen molar-refractivity contribution in [2.24, 2.45) is 5.73 Å². The highest BCUT2D eigenvalue weighted by Gasteiger charge is 2.03. The first-order valence-electron chi connectivity index (χ1n) is 6.15. The van der Waals surface area contributed by atoms with E-state index in [1.54, 1.807) is 18.4 Å². The Labute approximate surface area is 108 Å². The van der Waals surface area contributed by atoms with Crippen molar-refractivity contribution in [3.8, 4) is 0 Å². The summed E-state index contributed by atoms with van der Waals surface area (Å²) in [6, 6.07) is 0.204. The lowest BCUT2D eigenvalue weighted by Gasteiger charge is -2.11. The Morgan fingerprint density at radius 2 is 2.41 bits per heavy atom. The van der Waals surface area contributed by atoms with E-state index in [1.807, 2.05) is 6.20 Å². The lowest BCUT2D eigenvalue weighted by Crippen LogP contribution is -2.33. The van der Waals surface area contributed by atoms with Gasteiger partial charge in [0, 0.05) is 43.9 Å². The van der Waals surface area contributed by atoms with Gasteiger partial charge in [0.1, 0.15) is 5.01 Å². The summed E-state index contributed by atoms with van der Waals surface area (Å²) in [5, 5.41) is 4.49. The fourth-order valence-electron chi connectivity index (χ4n) is 1.55. The number of rotatable bonds is 9. The SMILES string of the molecule is CCc1cnc(CNCC(N)CCCOC)s1. The van der Waals surface area contributed by atoms with Crippen molar-refractivity contribution in [3.05, 3.63) is 16.1 Å². The van der Waals surface area contributed by atoms with Crippen molar-refractivity contribution in [3.63, 3.8) is 0 Å². The number of hydrogen-bond acceptors (Lipinski definition) is 5. The van der Waals surface area contributed by atoms with Crippen LogP contribution in [0.5, 0.6) is 0 Å². The maximum absolute atomic E-state index is 5.97. The molecule has 3 N–H and O–H groups in total. The van der Waals surface area contributed by atoms with Crippen LogP contribution in [0, 0.1) is 0 Å². The van der Waals surface area contributed by atoms with E-state index in [4.69, 9.17) is 10.5 Å². The van der Waals surface area contributed by atoms with Crippen LogP contribution in [0.25, 0.3) is 0 Å². The van der Waals surface area contributed by atoms with E-state index >= 15 is 0 Å². The van der Waals surface area contributed by atoms with Crippen LogP contribution in [0.3, 0.4) is 0 Å². The Hall–Kier alpha value is -0.490. The number of hydrogen-bond donors (Lipinski definition) is 2. The minimum atomic E-state index is 0.204. The number of nitrogens with two attached hydrogens (primary N) is 1. The molecule has 0 bridgehead atoms. The van der Waals surface area contributed by atoms with E-state index in [-0.39, 0.29) is 6.04 Å². The molecular weight excluding hydrogens is 234 g/mol. The van der Waals surface area contributed by atoms with Crippen LogP contribution in [-0.2, 0) is 17.7 Å². The second kappa shape index (κ2) is 8.58. The highest BCUT2D eigenvalue weighted by Crippen LogP contribution is 2.12. The van der Waals surface area contributed by atoms with Crippen molar-refractivity contribution in [2.45, 2.75) is 38.8 Å². The first-order chi connectivity index (χ1) is 8.26. The van der Waals surface area contributed by atoms with Gasteiger partial charge in [-0.15, -0.1) is 11.3 Å². The van der Waals surface area contributed by atoms with Crippen molar-refractivity contribution >= 4 is 11.3 Å². The fourth-order valence-corrected chi connectivity index (χ4v) is 2.38. The monoisotopic (exact) mass is 257 g/mol. The molecule has 0 aliphatic rings. The molecule has 0 aliphatic heterocycles. The molecule has 0 saturated heterocycles. The molecule has 0 saturated carbocycles. The molecule has 0 aliphatic carbocycles. The number of aromatic nitrogens is 1. The first kappa shape index (κ1) is 14.6. The molecule has 1 heterocycles. The molecule has 0 radical (unpaired) electrons. The van der Waals surface area contributed by atoms with Crippen molar-refractivity contribution < 1.29 is 4.74 Å². The highest BCUT2D eigenvalue weighted by molar-refractivity contribution is 7.11. The number of aryl methyl sites for hydroxylation is 1. The van der Waals surface area contributed by atoms with Gasteiger partial charge in [-0.05, 0) is 19.3 Å². The van der Waals surface area contributed by atoms with Crippen LogP contribution in [-0.4, -0.2) is 31.3 Å². The molecule has 4 nitrogen and oxygen atoms in total. The third-order valence-corrected chi connectivity index (χ3v) is 3.70. The minimum absolute atomic E-state index is 0.204. The number of methoxy groups -OCH3 is 1. The van der Waals surface area contributed by atoms with E-state index < -0.39 is 0 Å². The van der Waals surface area contributed by atoms with Crippen LogP contribution in [0.1, 0.15) is 29.7 Å². The third-order valence-electron chi connectivity index (χ3n) is 2.56. The molecule has 0 amide bonds. The Kier molecular flexibility index (Phi) is 7.35. The zero-order chi connectivity index (χ0) is 12.5. The van der Waals surface area contributed by atoms with Crippen molar-refractivity contribution in [1.82, 2.24) is 10.3 Å². The van der Waals surface area contributed by atoms with Gasteiger partial charge >= 0.3 is 0 Å². The number of thiazole rings is 1. The van der Waals surface area contributed by atoms with Crippen LogP contribution in [0.4, 0.5) is 0 Å². The summed E-state index contributed by atoms with van der Waals surface area (Å²) in [6.07, 6.45) is 5.05. The van der Waals surface area contributed by atoms with Crippen LogP contribution in [0.15, 0.2) is 6.20 Å². The molecule has 0 aromatic carbocycles. The molecule has 0 spiro atoms. The minimum Gasteiger partial charge on any atom is -0.385 e. The molecule has 1 rings (SSSR count). The average Bonchev–Trinajstić information content (AvgIpc) is 2.77. The molecule has 1 atom stereocenters. The van der Waals surface area contributed by atoms with Crippen LogP contribution >= 0.6 is 11.3 Å². The summed E-state index contributed by atoms with van der Waals surface area (Å²) in [7, 11) is 1.72. The smallest absolute Gasteiger partial charge is 0.107 e. The lowest BCUT2D eigenvalue weighted by atomic mass is 10.2. The van der Waals surface area contributed by atoms with Crippen molar-refractivity contribution in [1.29, 1.82) is 0 Å². The van der Waals surface area contributed by atoms with Gasteiger partial charge in [-0.1, -0.05) is 6.92 Å². The molecule has 1 unspecified atom stereocenters. The fraction of sp³-hybridized carbons (Fsp3) is 0.750. The molecule has 1 aromatic rings. The van der Waals surface area contributed by atoms with Gasteiger partial charge in [0.05, 0.1) is 0 Å². The average molecular weight is 257 g/mol. The molecule has 0 fully saturated rings. The van der Waals surface area contributed by atoms with Gasteiger partial charge in [0.2, 0.25) is 0 Å². The predicted molar refractivity (Wildman–Crippen MR) is 72.3 cm³/mol. The summed E-state index contributed by atoms with van der Waals surface area (Å²) < 4.78 is 5.00. The summed E-state index contributed by atoms with van der Waals surface area (Å²) >= 11 is 1.77. The molecular formula is C12H23N3OS. The standard InChI is InChI=1S/C12H23N3OS/c1-3-11-8-15-12(17-11)9-14-7-10(13)5-4-6-16-2/h8,10,14H,3-7,9,13H2,1-2H3. The molecule has 5 heteroatoms.